The van der Waals surface area contributed by atoms with Crippen LogP contribution in [0.3, 0.4) is 0 Å². The van der Waals surface area contributed by atoms with Gasteiger partial charge in [-0.2, -0.15) is 0 Å². The third-order valence-electron chi connectivity index (χ3n) is 4.06. The lowest BCUT2D eigenvalue weighted by atomic mass is 9.83. The normalized spacial score (nSPS) is 30.3. The Morgan fingerprint density at radius 3 is 2.20 bits per heavy atom. The molecular weight excluding hydrogens is 316 g/mol. The molecule has 1 heterocycles. The summed E-state index contributed by atoms with van der Waals surface area (Å²) in [7, 11) is 0. The summed E-state index contributed by atoms with van der Waals surface area (Å²) >= 11 is 3.62. The first-order valence-corrected chi connectivity index (χ1v) is 8.05. The molecule has 0 saturated carbocycles. The molecule has 2 unspecified atom stereocenters. The lowest BCUT2D eigenvalue weighted by Crippen LogP contribution is -2.53. The molecule has 3 nitrogen and oxygen atoms in total. The molecule has 0 amide bonds. The second-order valence-electron chi connectivity index (χ2n) is 6.20. The number of nitrogens with two attached hydrogens (primary N) is 1. The number of nitrogens with one attached hydrogen (secondary N) is 1. The first kappa shape index (κ1) is 15.8. The highest BCUT2D eigenvalue weighted by atomic mass is 79.9. The van der Waals surface area contributed by atoms with Crippen LogP contribution in [-0.4, -0.2) is 24.3 Å². The predicted molar refractivity (Wildman–Crippen MR) is 88.3 cm³/mol. The van der Waals surface area contributed by atoms with E-state index < -0.39 is 0 Å². The molecule has 1 aliphatic heterocycles. The summed E-state index contributed by atoms with van der Waals surface area (Å²) < 4.78 is 7.02. The molecular formula is C16H25BrN2O. The van der Waals surface area contributed by atoms with Crippen molar-refractivity contribution < 1.29 is 4.74 Å². The molecule has 0 aromatic heterocycles. The molecule has 1 aromatic rings. The Hall–Kier alpha value is -0.580. The van der Waals surface area contributed by atoms with Crippen molar-refractivity contribution in [1.82, 2.24) is 0 Å². The van der Waals surface area contributed by atoms with Gasteiger partial charge in [0, 0.05) is 16.7 Å². The van der Waals surface area contributed by atoms with Gasteiger partial charge in [0.25, 0.3) is 0 Å². The summed E-state index contributed by atoms with van der Waals surface area (Å²) in [6, 6.07) is 4.36. The van der Waals surface area contributed by atoms with Crippen LogP contribution in [0.5, 0.6) is 0 Å². The second kappa shape index (κ2) is 6.04. The Morgan fingerprint density at radius 1 is 1.25 bits per heavy atom. The van der Waals surface area contributed by atoms with Crippen LogP contribution in [0.4, 0.5) is 5.69 Å². The van der Waals surface area contributed by atoms with E-state index in [1.54, 1.807) is 0 Å². The average Bonchev–Trinajstić information content (AvgIpc) is 2.34. The Bertz CT molecular complexity index is 456. The molecule has 2 atom stereocenters. The maximum Gasteiger partial charge on any atom is 0.0573 e. The van der Waals surface area contributed by atoms with Crippen LogP contribution in [0.2, 0.25) is 0 Å². The second-order valence-corrected chi connectivity index (χ2v) is 6.99. The van der Waals surface area contributed by atoms with Gasteiger partial charge in [-0.1, -0.05) is 15.9 Å². The number of hydrogen-bond acceptors (Lipinski definition) is 3. The lowest BCUT2D eigenvalue weighted by Gasteiger charge is -2.43. The van der Waals surface area contributed by atoms with Gasteiger partial charge >= 0.3 is 0 Å². The molecule has 0 bridgehead atoms. The van der Waals surface area contributed by atoms with Crippen molar-refractivity contribution in [2.75, 3.05) is 11.9 Å². The summed E-state index contributed by atoms with van der Waals surface area (Å²) in [6.07, 6.45) is 2.38. The smallest absolute Gasteiger partial charge is 0.0573 e. The van der Waals surface area contributed by atoms with Gasteiger partial charge in [0.2, 0.25) is 0 Å². The van der Waals surface area contributed by atoms with Crippen molar-refractivity contribution in [1.29, 1.82) is 0 Å². The van der Waals surface area contributed by atoms with Crippen LogP contribution in [0.25, 0.3) is 0 Å². The van der Waals surface area contributed by atoms with E-state index in [2.05, 4.69) is 61.1 Å². The third-order valence-corrected chi connectivity index (χ3v) is 5.31. The van der Waals surface area contributed by atoms with Crippen LogP contribution >= 0.6 is 15.9 Å². The first-order valence-electron chi connectivity index (χ1n) is 7.26. The molecule has 1 aliphatic rings. The van der Waals surface area contributed by atoms with Crippen LogP contribution in [0.15, 0.2) is 16.6 Å². The number of rotatable bonds is 3. The van der Waals surface area contributed by atoms with Gasteiger partial charge in [-0.15, -0.1) is 0 Å². The van der Waals surface area contributed by atoms with Gasteiger partial charge in [0.1, 0.15) is 0 Å². The number of aryl methyl sites for hydroxylation is 2. The Morgan fingerprint density at radius 2 is 1.75 bits per heavy atom. The Kier molecular flexibility index (Phi) is 4.77. The van der Waals surface area contributed by atoms with E-state index in [0.717, 1.165) is 18.5 Å². The highest BCUT2D eigenvalue weighted by Gasteiger charge is 2.37. The van der Waals surface area contributed by atoms with E-state index in [1.807, 2.05) is 0 Å². The molecule has 3 N–H and O–H groups in total. The van der Waals surface area contributed by atoms with Crippen molar-refractivity contribution in [2.45, 2.75) is 58.3 Å². The van der Waals surface area contributed by atoms with E-state index in [4.69, 9.17) is 10.5 Å². The van der Waals surface area contributed by atoms with E-state index in [1.165, 1.54) is 15.6 Å². The minimum Gasteiger partial charge on any atom is -0.378 e. The summed E-state index contributed by atoms with van der Waals surface area (Å²) in [4.78, 5) is 0. The minimum absolute atomic E-state index is 0.0657. The van der Waals surface area contributed by atoms with Crippen LogP contribution in [0.1, 0.15) is 37.8 Å². The summed E-state index contributed by atoms with van der Waals surface area (Å²) in [6.45, 7) is 9.11. The fourth-order valence-electron chi connectivity index (χ4n) is 3.32. The topological polar surface area (TPSA) is 47.3 Å². The Balaban J connectivity index is 2.26. The van der Waals surface area contributed by atoms with Crippen LogP contribution in [-0.2, 0) is 4.74 Å². The number of anilines is 1. The zero-order chi connectivity index (χ0) is 14.9. The molecule has 1 saturated heterocycles. The van der Waals surface area contributed by atoms with Crippen molar-refractivity contribution in [2.24, 2.45) is 5.73 Å². The molecule has 1 aromatic carbocycles. The highest BCUT2D eigenvalue weighted by molar-refractivity contribution is 9.10. The summed E-state index contributed by atoms with van der Waals surface area (Å²) in [5.74, 6) is 0. The number of ether oxygens (including phenoxy) is 1. The van der Waals surface area contributed by atoms with Gasteiger partial charge in [-0.05, 0) is 63.8 Å². The zero-order valence-corrected chi connectivity index (χ0v) is 14.4. The zero-order valence-electron chi connectivity index (χ0n) is 12.8. The monoisotopic (exact) mass is 340 g/mol. The summed E-state index contributed by atoms with van der Waals surface area (Å²) in [5.41, 5.74) is 9.66. The van der Waals surface area contributed by atoms with E-state index >= 15 is 0 Å². The Labute approximate surface area is 130 Å². The first-order chi connectivity index (χ1) is 9.35. The van der Waals surface area contributed by atoms with Crippen molar-refractivity contribution in [3.05, 3.63) is 27.7 Å². The predicted octanol–water partition coefficient (Wildman–Crippen LogP) is 3.76. The van der Waals surface area contributed by atoms with E-state index in [-0.39, 0.29) is 17.7 Å². The standard InChI is InChI=1S/C16H25BrN2O/c1-10-5-14(6-11(2)15(10)17)19-16(9-18)7-12(3)20-13(4)8-16/h5-6,12-13,19H,7-9,18H2,1-4H3. The number of benzene rings is 1. The quantitative estimate of drug-likeness (QED) is 0.880. The third kappa shape index (κ3) is 3.35. The highest BCUT2D eigenvalue weighted by Crippen LogP contribution is 2.33. The van der Waals surface area contributed by atoms with E-state index in [0.29, 0.717) is 6.54 Å². The fraction of sp³-hybridized carbons (Fsp3) is 0.625. The molecule has 0 spiro atoms. The average molecular weight is 341 g/mol. The molecule has 1 fully saturated rings. The number of halogens is 1. The summed E-state index contributed by atoms with van der Waals surface area (Å²) in [5, 5.41) is 3.69. The molecule has 20 heavy (non-hydrogen) atoms. The van der Waals surface area contributed by atoms with Gasteiger partial charge in [0.05, 0.1) is 17.7 Å². The van der Waals surface area contributed by atoms with Gasteiger partial charge < -0.3 is 15.8 Å². The molecule has 4 heteroatoms. The van der Waals surface area contributed by atoms with Gasteiger partial charge in [-0.3, -0.25) is 0 Å². The fourth-order valence-corrected chi connectivity index (χ4v) is 3.55. The molecule has 2 rings (SSSR count). The minimum atomic E-state index is -0.0657. The molecule has 112 valence electrons. The molecule has 0 radical (unpaired) electrons. The lowest BCUT2D eigenvalue weighted by molar-refractivity contribution is -0.0536. The molecule has 0 aliphatic carbocycles. The van der Waals surface area contributed by atoms with Crippen LogP contribution in [0, 0.1) is 13.8 Å². The van der Waals surface area contributed by atoms with Crippen LogP contribution < -0.4 is 11.1 Å². The van der Waals surface area contributed by atoms with Gasteiger partial charge in [0.15, 0.2) is 0 Å². The SMILES string of the molecule is Cc1cc(NC2(CN)CC(C)OC(C)C2)cc(C)c1Br. The maximum absolute atomic E-state index is 6.09. The van der Waals surface area contributed by atoms with E-state index in [9.17, 15) is 0 Å². The van der Waals surface area contributed by atoms with Gasteiger partial charge in [-0.25, -0.2) is 0 Å². The largest absolute Gasteiger partial charge is 0.378 e. The van der Waals surface area contributed by atoms with Crippen molar-refractivity contribution in [3.8, 4) is 0 Å². The number of hydrogen-bond donors (Lipinski definition) is 2. The van der Waals surface area contributed by atoms with Crippen molar-refractivity contribution in [3.63, 3.8) is 0 Å². The van der Waals surface area contributed by atoms with Crippen molar-refractivity contribution >= 4 is 21.6 Å². The maximum atomic E-state index is 6.09.